The SMILES string of the molecule is NNc1cc(N2CCOCC2)cc(CCCc2ccccc2)n1. The van der Waals surface area contributed by atoms with Crippen LogP contribution in [0.4, 0.5) is 11.5 Å². The number of ether oxygens (including phenoxy) is 1. The second kappa shape index (κ2) is 7.94. The van der Waals surface area contributed by atoms with Crippen LogP contribution in [0, 0.1) is 0 Å². The maximum Gasteiger partial charge on any atom is 0.142 e. The van der Waals surface area contributed by atoms with Gasteiger partial charge >= 0.3 is 0 Å². The van der Waals surface area contributed by atoms with E-state index in [1.54, 1.807) is 0 Å². The molecule has 1 aliphatic rings. The molecular weight excluding hydrogens is 288 g/mol. The predicted molar refractivity (Wildman–Crippen MR) is 93.5 cm³/mol. The molecule has 0 radical (unpaired) electrons. The zero-order valence-corrected chi connectivity index (χ0v) is 13.4. The summed E-state index contributed by atoms with van der Waals surface area (Å²) >= 11 is 0. The highest BCUT2D eigenvalue weighted by Gasteiger charge is 2.13. The smallest absolute Gasteiger partial charge is 0.142 e. The van der Waals surface area contributed by atoms with Crippen LogP contribution < -0.4 is 16.2 Å². The molecule has 1 aliphatic heterocycles. The Morgan fingerprint density at radius 1 is 1.09 bits per heavy atom. The molecule has 0 amide bonds. The maximum absolute atomic E-state index is 5.58. The number of nitrogen functional groups attached to an aromatic ring is 1. The highest BCUT2D eigenvalue weighted by molar-refractivity contribution is 5.55. The molecule has 5 nitrogen and oxygen atoms in total. The van der Waals surface area contributed by atoms with Gasteiger partial charge in [-0.25, -0.2) is 10.8 Å². The van der Waals surface area contributed by atoms with Gasteiger partial charge in [0.1, 0.15) is 5.82 Å². The van der Waals surface area contributed by atoms with Gasteiger partial charge in [0.15, 0.2) is 0 Å². The fourth-order valence-corrected chi connectivity index (χ4v) is 2.90. The summed E-state index contributed by atoms with van der Waals surface area (Å²) in [5, 5.41) is 0. The highest BCUT2D eigenvalue weighted by atomic mass is 16.5. The van der Waals surface area contributed by atoms with E-state index in [1.807, 2.05) is 6.07 Å². The molecule has 122 valence electrons. The lowest BCUT2D eigenvalue weighted by atomic mass is 10.1. The Morgan fingerprint density at radius 2 is 1.87 bits per heavy atom. The Kier molecular flexibility index (Phi) is 5.45. The number of aryl methyl sites for hydroxylation is 2. The van der Waals surface area contributed by atoms with E-state index in [-0.39, 0.29) is 0 Å². The third kappa shape index (κ3) is 4.43. The number of hydrogen-bond acceptors (Lipinski definition) is 5. The van der Waals surface area contributed by atoms with Crippen LogP contribution in [-0.2, 0) is 17.6 Å². The van der Waals surface area contributed by atoms with E-state index in [0.717, 1.165) is 57.1 Å². The highest BCUT2D eigenvalue weighted by Crippen LogP contribution is 2.21. The first-order valence-electron chi connectivity index (χ1n) is 8.19. The van der Waals surface area contributed by atoms with Crippen LogP contribution in [0.3, 0.4) is 0 Å². The molecule has 0 atom stereocenters. The molecule has 1 saturated heterocycles. The van der Waals surface area contributed by atoms with E-state index in [0.29, 0.717) is 0 Å². The number of morpholine rings is 1. The standard InChI is InChI=1S/C18H24N4O/c19-21-18-14-17(22-9-11-23-12-10-22)13-16(20-18)8-4-7-15-5-2-1-3-6-15/h1-3,5-6,13-14H,4,7-12,19H2,(H,20,21). The molecule has 1 aromatic carbocycles. The molecule has 1 aromatic heterocycles. The molecule has 0 aliphatic carbocycles. The van der Waals surface area contributed by atoms with Crippen molar-refractivity contribution in [3.63, 3.8) is 0 Å². The van der Waals surface area contributed by atoms with Crippen LogP contribution in [0.15, 0.2) is 42.5 Å². The summed E-state index contributed by atoms with van der Waals surface area (Å²) < 4.78 is 5.42. The quantitative estimate of drug-likeness (QED) is 0.633. The van der Waals surface area contributed by atoms with Crippen molar-refractivity contribution in [3.8, 4) is 0 Å². The van der Waals surface area contributed by atoms with E-state index in [9.17, 15) is 0 Å². The second-order valence-electron chi connectivity index (χ2n) is 5.78. The topological polar surface area (TPSA) is 63.4 Å². The van der Waals surface area contributed by atoms with Crippen molar-refractivity contribution in [2.24, 2.45) is 5.84 Å². The lowest BCUT2D eigenvalue weighted by Crippen LogP contribution is -2.36. The zero-order chi connectivity index (χ0) is 15.9. The minimum Gasteiger partial charge on any atom is -0.378 e. The molecule has 3 rings (SSSR count). The maximum atomic E-state index is 5.58. The van der Waals surface area contributed by atoms with E-state index in [1.165, 1.54) is 11.3 Å². The largest absolute Gasteiger partial charge is 0.378 e. The summed E-state index contributed by atoms with van der Waals surface area (Å²) in [6.07, 6.45) is 3.09. The summed E-state index contributed by atoms with van der Waals surface area (Å²) in [5.41, 5.74) is 6.31. The lowest BCUT2D eigenvalue weighted by Gasteiger charge is -2.29. The number of aromatic nitrogens is 1. The number of rotatable bonds is 6. The normalized spacial score (nSPS) is 14.7. The Balaban J connectivity index is 1.65. The molecule has 0 spiro atoms. The Hall–Kier alpha value is -2.11. The van der Waals surface area contributed by atoms with Gasteiger partial charge in [0, 0.05) is 30.5 Å². The number of nitrogens with two attached hydrogens (primary N) is 1. The minimum atomic E-state index is 0.726. The summed E-state index contributed by atoms with van der Waals surface area (Å²) in [7, 11) is 0. The van der Waals surface area contributed by atoms with Gasteiger partial charge in [-0.2, -0.15) is 0 Å². The van der Waals surface area contributed by atoms with E-state index in [4.69, 9.17) is 10.6 Å². The third-order valence-corrected chi connectivity index (χ3v) is 4.13. The fraction of sp³-hybridized carbons (Fsp3) is 0.389. The third-order valence-electron chi connectivity index (χ3n) is 4.13. The molecule has 3 N–H and O–H groups in total. The summed E-state index contributed by atoms with van der Waals surface area (Å²) in [4.78, 5) is 6.91. The van der Waals surface area contributed by atoms with Crippen LogP contribution in [-0.4, -0.2) is 31.3 Å². The fourth-order valence-electron chi connectivity index (χ4n) is 2.90. The second-order valence-corrected chi connectivity index (χ2v) is 5.78. The van der Waals surface area contributed by atoms with E-state index >= 15 is 0 Å². The van der Waals surface area contributed by atoms with Crippen molar-refractivity contribution in [1.29, 1.82) is 0 Å². The number of anilines is 2. The molecule has 23 heavy (non-hydrogen) atoms. The molecule has 0 saturated carbocycles. The number of benzene rings is 1. The zero-order valence-electron chi connectivity index (χ0n) is 13.4. The number of hydrogen-bond donors (Lipinski definition) is 2. The molecule has 1 fully saturated rings. The van der Waals surface area contributed by atoms with Crippen LogP contribution in [0.5, 0.6) is 0 Å². The Labute approximate surface area is 137 Å². The Morgan fingerprint density at radius 3 is 2.61 bits per heavy atom. The molecule has 0 bridgehead atoms. The van der Waals surface area contributed by atoms with Crippen molar-refractivity contribution in [1.82, 2.24) is 4.98 Å². The first-order chi connectivity index (χ1) is 11.3. The minimum absolute atomic E-state index is 0.726. The average molecular weight is 312 g/mol. The van der Waals surface area contributed by atoms with Crippen LogP contribution >= 0.6 is 0 Å². The summed E-state index contributed by atoms with van der Waals surface area (Å²) in [6.45, 7) is 3.38. The molecule has 5 heteroatoms. The number of nitrogens with one attached hydrogen (secondary N) is 1. The van der Waals surface area contributed by atoms with E-state index < -0.39 is 0 Å². The van der Waals surface area contributed by atoms with E-state index in [2.05, 4.69) is 51.7 Å². The van der Waals surface area contributed by atoms with Gasteiger partial charge in [-0.1, -0.05) is 30.3 Å². The monoisotopic (exact) mass is 312 g/mol. The van der Waals surface area contributed by atoms with Gasteiger partial charge in [-0.05, 0) is 30.9 Å². The van der Waals surface area contributed by atoms with Gasteiger partial charge < -0.3 is 15.1 Å². The van der Waals surface area contributed by atoms with Crippen molar-refractivity contribution in [2.45, 2.75) is 19.3 Å². The lowest BCUT2D eigenvalue weighted by molar-refractivity contribution is 0.122. The van der Waals surface area contributed by atoms with Crippen molar-refractivity contribution < 1.29 is 4.74 Å². The molecule has 0 unspecified atom stereocenters. The average Bonchev–Trinajstić information content (AvgIpc) is 2.63. The predicted octanol–water partition coefficient (Wildman–Crippen LogP) is 2.38. The van der Waals surface area contributed by atoms with Gasteiger partial charge in [-0.3, -0.25) is 0 Å². The molecular formula is C18H24N4O. The van der Waals surface area contributed by atoms with Gasteiger partial charge in [0.05, 0.1) is 13.2 Å². The van der Waals surface area contributed by atoms with Crippen LogP contribution in [0.2, 0.25) is 0 Å². The first-order valence-corrected chi connectivity index (χ1v) is 8.19. The first kappa shape index (κ1) is 15.8. The Bertz CT molecular complexity index is 612. The summed E-state index contributed by atoms with van der Waals surface area (Å²) in [5.74, 6) is 6.31. The van der Waals surface area contributed by atoms with Crippen molar-refractivity contribution >= 4 is 11.5 Å². The van der Waals surface area contributed by atoms with Gasteiger partial charge in [0.2, 0.25) is 0 Å². The number of pyridine rings is 1. The van der Waals surface area contributed by atoms with Crippen molar-refractivity contribution in [3.05, 3.63) is 53.7 Å². The van der Waals surface area contributed by atoms with Gasteiger partial charge in [-0.15, -0.1) is 0 Å². The van der Waals surface area contributed by atoms with Crippen LogP contribution in [0.25, 0.3) is 0 Å². The molecule has 2 heterocycles. The van der Waals surface area contributed by atoms with Gasteiger partial charge in [0.25, 0.3) is 0 Å². The number of nitrogens with zero attached hydrogens (tertiary/aromatic N) is 2. The molecule has 2 aromatic rings. The summed E-state index contributed by atoms with van der Waals surface area (Å²) in [6, 6.07) is 14.8. The number of hydrazine groups is 1. The van der Waals surface area contributed by atoms with Crippen molar-refractivity contribution in [2.75, 3.05) is 36.6 Å². The van der Waals surface area contributed by atoms with Crippen LogP contribution in [0.1, 0.15) is 17.7 Å².